The molecule has 29 heavy (non-hydrogen) atoms. The van der Waals surface area contributed by atoms with Gasteiger partial charge in [0.1, 0.15) is 12.4 Å². The Morgan fingerprint density at radius 2 is 1.86 bits per heavy atom. The Hall–Kier alpha value is -3.32. The van der Waals surface area contributed by atoms with E-state index in [1.807, 2.05) is 48.7 Å². The molecule has 0 saturated carbocycles. The number of rotatable bonds is 5. The highest BCUT2D eigenvalue weighted by Gasteiger charge is 2.19. The van der Waals surface area contributed by atoms with Crippen molar-refractivity contribution in [3.8, 4) is 17.1 Å². The summed E-state index contributed by atoms with van der Waals surface area (Å²) in [5, 5.41) is 12.3. The zero-order valence-corrected chi connectivity index (χ0v) is 16.6. The second-order valence-corrected chi connectivity index (χ2v) is 7.06. The number of tetrazole rings is 1. The Morgan fingerprint density at radius 3 is 2.59 bits per heavy atom. The summed E-state index contributed by atoms with van der Waals surface area (Å²) in [4.78, 5) is 14.2. The van der Waals surface area contributed by atoms with Gasteiger partial charge in [-0.15, -0.1) is 10.2 Å². The van der Waals surface area contributed by atoms with Crippen LogP contribution in [-0.4, -0.2) is 30.6 Å². The highest BCUT2D eigenvalue weighted by Crippen LogP contribution is 2.25. The van der Waals surface area contributed by atoms with Gasteiger partial charge in [0.15, 0.2) is 5.78 Å². The third-order valence-electron chi connectivity index (χ3n) is 4.66. The largest absolute Gasteiger partial charge is 0.318 e. The number of ketones is 1. The molecule has 0 radical (unpaired) electrons. The number of nitrogens with zero attached hydrogens (tertiary/aromatic N) is 5. The summed E-state index contributed by atoms with van der Waals surface area (Å²) in [6, 6.07) is 15.7. The van der Waals surface area contributed by atoms with Crippen LogP contribution >= 0.6 is 11.6 Å². The number of hydrogen-bond donors (Lipinski definition) is 0. The van der Waals surface area contributed by atoms with Crippen LogP contribution in [0.3, 0.4) is 0 Å². The summed E-state index contributed by atoms with van der Waals surface area (Å²) in [5.74, 6) is -0.167. The quantitative estimate of drug-likeness (QED) is 0.457. The van der Waals surface area contributed by atoms with E-state index in [4.69, 9.17) is 11.6 Å². The lowest BCUT2D eigenvalue weighted by Crippen LogP contribution is -2.14. The van der Waals surface area contributed by atoms with Crippen LogP contribution in [0.15, 0.2) is 54.6 Å². The third-order valence-corrected chi connectivity index (χ3v) is 4.95. The highest BCUT2D eigenvalue weighted by atomic mass is 35.5. The normalized spacial score (nSPS) is 11.0. The van der Waals surface area contributed by atoms with Crippen molar-refractivity contribution in [2.75, 3.05) is 0 Å². The Kier molecular flexibility index (Phi) is 4.98. The maximum absolute atomic E-state index is 13.5. The molecule has 2 heterocycles. The Labute approximate surface area is 171 Å². The second-order valence-electron chi connectivity index (χ2n) is 6.65. The Balaban J connectivity index is 1.60. The molecule has 0 bridgehead atoms. The van der Waals surface area contributed by atoms with Gasteiger partial charge in [-0.3, -0.25) is 4.79 Å². The third kappa shape index (κ3) is 3.69. The van der Waals surface area contributed by atoms with Gasteiger partial charge in [0.05, 0.1) is 5.02 Å². The number of carbonyl (C=O) groups is 1. The fraction of sp³-hybridized carbons (Fsp3) is 0.143. The van der Waals surface area contributed by atoms with Gasteiger partial charge in [-0.25, -0.2) is 4.39 Å². The lowest BCUT2D eigenvalue weighted by atomic mass is 10.1. The van der Waals surface area contributed by atoms with Crippen LogP contribution < -0.4 is 0 Å². The standard InChI is InChI=1S/C21H17ClFN5O/c1-13-10-17(14(2)28(13)16-8-9-19(23)18(22)11-16)20(29)12-27-25-21(24-26-27)15-6-4-3-5-7-15/h3-11H,12H2,1-2H3. The van der Waals surface area contributed by atoms with Crippen molar-refractivity contribution in [2.45, 2.75) is 20.4 Å². The number of carbonyl (C=O) groups excluding carboxylic acids is 1. The average Bonchev–Trinajstić information content (AvgIpc) is 3.29. The van der Waals surface area contributed by atoms with E-state index in [1.54, 1.807) is 12.1 Å². The first-order chi connectivity index (χ1) is 13.9. The molecule has 0 spiro atoms. The van der Waals surface area contributed by atoms with Crippen LogP contribution in [0.5, 0.6) is 0 Å². The zero-order chi connectivity index (χ0) is 20.5. The molecule has 0 unspecified atom stereocenters. The summed E-state index contributed by atoms with van der Waals surface area (Å²) in [6.45, 7) is 3.68. The Bertz CT molecular complexity index is 1200. The topological polar surface area (TPSA) is 65.6 Å². The number of aromatic nitrogens is 5. The summed E-state index contributed by atoms with van der Waals surface area (Å²) in [5.41, 5.74) is 3.64. The second kappa shape index (κ2) is 7.60. The van der Waals surface area contributed by atoms with Crippen molar-refractivity contribution in [1.29, 1.82) is 0 Å². The molecule has 0 N–H and O–H groups in total. The highest BCUT2D eigenvalue weighted by molar-refractivity contribution is 6.30. The maximum Gasteiger partial charge on any atom is 0.204 e. The van der Waals surface area contributed by atoms with Crippen LogP contribution in [-0.2, 0) is 6.54 Å². The summed E-state index contributed by atoms with van der Waals surface area (Å²) in [6.07, 6.45) is 0. The summed E-state index contributed by atoms with van der Waals surface area (Å²) >= 11 is 5.92. The van der Waals surface area contributed by atoms with Crippen molar-refractivity contribution in [3.63, 3.8) is 0 Å². The molecule has 0 amide bonds. The first-order valence-corrected chi connectivity index (χ1v) is 9.32. The molecule has 0 fully saturated rings. The lowest BCUT2D eigenvalue weighted by Gasteiger charge is -2.10. The molecule has 8 heteroatoms. The van der Waals surface area contributed by atoms with Gasteiger partial charge < -0.3 is 4.57 Å². The zero-order valence-electron chi connectivity index (χ0n) is 15.8. The minimum absolute atomic E-state index is 0.0307. The van der Waals surface area contributed by atoms with Gasteiger partial charge in [0.25, 0.3) is 0 Å². The molecule has 0 aliphatic carbocycles. The molecule has 6 nitrogen and oxygen atoms in total. The fourth-order valence-corrected chi connectivity index (χ4v) is 3.47. The minimum atomic E-state index is -0.486. The number of halogens is 2. The molecule has 4 aromatic rings. The minimum Gasteiger partial charge on any atom is -0.318 e. The summed E-state index contributed by atoms with van der Waals surface area (Å²) in [7, 11) is 0. The van der Waals surface area contributed by atoms with Gasteiger partial charge in [0, 0.05) is 28.2 Å². The first-order valence-electron chi connectivity index (χ1n) is 8.95. The van der Waals surface area contributed by atoms with E-state index < -0.39 is 5.82 Å². The molecule has 2 aromatic heterocycles. The fourth-order valence-electron chi connectivity index (χ4n) is 3.29. The van der Waals surface area contributed by atoms with Gasteiger partial charge >= 0.3 is 0 Å². The van der Waals surface area contributed by atoms with Crippen molar-refractivity contribution < 1.29 is 9.18 Å². The van der Waals surface area contributed by atoms with Crippen molar-refractivity contribution in [3.05, 3.63) is 82.4 Å². The first kappa shape index (κ1) is 19.0. The van der Waals surface area contributed by atoms with Crippen LogP contribution in [0.1, 0.15) is 21.7 Å². The van der Waals surface area contributed by atoms with E-state index in [9.17, 15) is 9.18 Å². The van der Waals surface area contributed by atoms with E-state index in [1.165, 1.54) is 16.9 Å². The summed E-state index contributed by atoms with van der Waals surface area (Å²) < 4.78 is 15.4. The van der Waals surface area contributed by atoms with Crippen LogP contribution in [0.2, 0.25) is 5.02 Å². The van der Waals surface area contributed by atoms with Crippen molar-refractivity contribution in [1.82, 2.24) is 24.8 Å². The SMILES string of the molecule is Cc1cc(C(=O)Cn2nnc(-c3ccccc3)n2)c(C)n1-c1ccc(F)c(Cl)c1. The maximum atomic E-state index is 13.5. The molecule has 4 rings (SSSR count). The van der Waals surface area contributed by atoms with E-state index >= 15 is 0 Å². The van der Waals surface area contributed by atoms with Crippen LogP contribution in [0.4, 0.5) is 4.39 Å². The average molecular weight is 410 g/mol. The van der Waals surface area contributed by atoms with Gasteiger partial charge in [-0.2, -0.15) is 4.80 Å². The van der Waals surface area contributed by atoms with Crippen molar-refractivity contribution >= 4 is 17.4 Å². The van der Waals surface area contributed by atoms with E-state index in [0.29, 0.717) is 17.1 Å². The molecule has 2 aromatic carbocycles. The molecular formula is C21H17ClFN5O. The molecule has 0 atom stereocenters. The van der Waals surface area contributed by atoms with Gasteiger partial charge in [-0.05, 0) is 43.3 Å². The lowest BCUT2D eigenvalue weighted by molar-refractivity contribution is 0.0961. The van der Waals surface area contributed by atoms with E-state index in [2.05, 4.69) is 15.4 Å². The Morgan fingerprint density at radius 1 is 1.10 bits per heavy atom. The number of Topliss-reactive ketones (excluding diaryl/α,β-unsaturated/α-hetero) is 1. The molecule has 146 valence electrons. The van der Waals surface area contributed by atoms with Crippen molar-refractivity contribution in [2.24, 2.45) is 0 Å². The van der Waals surface area contributed by atoms with Crippen LogP contribution in [0, 0.1) is 19.7 Å². The number of benzene rings is 2. The van der Waals surface area contributed by atoms with E-state index in [0.717, 1.165) is 17.0 Å². The number of hydrogen-bond acceptors (Lipinski definition) is 4. The predicted octanol–water partition coefficient (Wildman–Crippen LogP) is 4.42. The molecule has 0 aliphatic rings. The molecule has 0 saturated heterocycles. The molecular weight excluding hydrogens is 393 g/mol. The number of aryl methyl sites for hydroxylation is 1. The van der Waals surface area contributed by atoms with Gasteiger partial charge in [-0.1, -0.05) is 41.9 Å². The van der Waals surface area contributed by atoms with E-state index in [-0.39, 0.29) is 17.4 Å². The monoisotopic (exact) mass is 409 g/mol. The molecule has 0 aliphatic heterocycles. The van der Waals surface area contributed by atoms with Gasteiger partial charge in [0.2, 0.25) is 5.82 Å². The smallest absolute Gasteiger partial charge is 0.204 e. The predicted molar refractivity (Wildman–Crippen MR) is 108 cm³/mol. The van der Waals surface area contributed by atoms with Crippen LogP contribution in [0.25, 0.3) is 17.1 Å².